The van der Waals surface area contributed by atoms with Crippen molar-refractivity contribution in [2.45, 2.75) is 6.92 Å². The van der Waals surface area contributed by atoms with Crippen LogP contribution in [0, 0.1) is 17.5 Å². The molecule has 0 amide bonds. The number of carbonyl (C=O) groups is 1. The maximum Gasteiger partial charge on any atom is 0.178 e. The number of aromatic nitrogens is 1. The number of rotatable bonds is 2. The zero-order chi connectivity index (χ0) is 13.3. The van der Waals surface area contributed by atoms with Crippen molar-refractivity contribution in [2.75, 3.05) is 0 Å². The van der Waals surface area contributed by atoms with Gasteiger partial charge in [-0.25, -0.2) is 18.2 Å². The Morgan fingerprint density at radius 2 is 1.72 bits per heavy atom. The van der Waals surface area contributed by atoms with Gasteiger partial charge in [0.2, 0.25) is 0 Å². The Hall–Kier alpha value is -2.17. The fourth-order valence-corrected chi connectivity index (χ4v) is 1.51. The minimum Gasteiger partial charge on any atom is -0.293 e. The summed E-state index contributed by atoms with van der Waals surface area (Å²) in [4.78, 5) is 14.9. The summed E-state index contributed by atoms with van der Waals surface area (Å²) in [6, 6.07) is 4.84. The van der Waals surface area contributed by atoms with Crippen molar-refractivity contribution < 1.29 is 18.0 Å². The van der Waals surface area contributed by atoms with Crippen LogP contribution in [0.2, 0.25) is 0 Å². The minimum atomic E-state index is -0.815. The molecule has 2 rings (SSSR count). The average molecular weight is 251 g/mol. The van der Waals surface area contributed by atoms with Crippen molar-refractivity contribution >= 4 is 5.78 Å². The molecule has 0 saturated heterocycles. The number of benzene rings is 1. The first-order valence-electron chi connectivity index (χ1n) is 5.12. The molecule has 1 heterocycles. The van der Waals surface area contributed by atoms with E-state index in [2.05, 4.69) is 4.98 Å². The Bertz CT molecular complexity index is 626. The van der Waals surface area contributed by atoms with E-state index in [0.29, 0.717) is 0 Å². The van der Waals surface area contributed by atoms with Gasteiger partial charge in [-0.05, 0) is 30.3 Å². The van der Waals surface area contributed by atoms with Gasteiger partial charge < -0.3 is 0 Å². The van der Waals surface area contributed by atoms with E-state index in [1.165, 1.54) is 13.0 Å². The number of hydrogen-bond acceptors (Lipinski definition) is 2. The summed E-state index contributed by atoms with van der Waals surface area (Å²) >= 11 is 0. The van der Waals surface area contributed by atoms with Crippen LogP contribution in [-0.4, -0.2) is 10.8 Å². The molecule has 0 bridgehead atoms. The molecule has 0 unspecified atom stereocenters. The smallest absolute Gasteiger partial charge is 0.178 e. The topological polar surface area (TPSA) is 30.0 Å². The minimum absolute atomic E-state index is 0.00457. The highest BCUT2D eigenvalue weighted by Gasteiger charge is 2.15. The van der Waals surface area contributed by atoms with Crippen LogP contribution in [0.5, 0.6) is 0 Å². The highest BCUT2D eigenvalue weighted by Crippen LogP contribution is 2.24. The van der Waals surface area contributed by atoms with Crippen molar-refractivity contribution in [1.29, 1.82) is 0 Å². The lowest BCUT2D eigenvalue weighted by Crippen LogP contribution is -2.01. The van der Waals surface area contributed by atoms with E-state index in [9.17, 15) is 18.0 Å². The van der Waals surface area contributed by atoms with Crippen LogP contribution >= 0.6 is 0 Å². The number of carbonyl (C=O) groups excluding carboxylic acids is 1. The molecule has 2 nitrogen and oxygen atoms in total. The van der Waals surface area contributed by atoms with E-state index < -0.39 is 17.5 Å². The molecular formula is C13H8F3NO. The highest BCUT2D eigenvalue weighted by atomic mass is 19.1. The predicted molar refractivity (Wildman–Crippen MR) is 59.6 cm³/mol. The molecule has 0 radical (unpaired) electrons. The first-order valence-corrected chi connectivity index (χ1v) is 5.12. The fourth-order valence-electron chi connectivity index (χ4n) is 1.51. The van der Waals surface area contributed by atoms with Gasteiger partial charge in [0.25, 0.3) is 0 Å². The fraction of sp³-hybridized carbons (Fsp3) is 0.0769. The van der Waals surface area contributed by atoms with Crippen molar-refractivity contribution in [2.24, 2.45) is 0 Å². The van der Waals surface area contributed by atoms with Gasteiger partial charge in [-0.15, -0.1) is 0 Å². The van der Waals surface area contributed by atoms with E-state index in [1.54, 1.807) is 0 Å². The van der Waals surface area contributed by atoms with Crippen LogP contribution in [0.3, 0.4) is 0 Å². The lowest BCUT2D eigenvalue weighted by molar-refractivity contribution is 0.101. The molecule has 0 N–H and O–H groups in total. The third-order valence-electron chi connectivity index (χ3n) is 2.39. The van der Waals surface area contributed by atoms with Crippen molar-refractivity contribution in [3.63, 3.8) is 0 Å². The normalized spacial score (nSPS) is 10.4. The van der Waals surface area contributed by atoms with Crippen molar-refractivity contribution in [1.82, 2.24) is 4.98 Å². The van der Waals surface area contributed by atoms with Crippen LogP contribution in [-0.2, 0) is 0 Å². The summed E-state index contributed by atoms with van der Waals surface area (Å²) in [6.07, 6.45) is 0. The van der Waals surface area contributed by atoms with E-state index in [0.717, 1.165) is 24.3 Å². The maximum absolute atomic E-state index is 13.6. The molecule has 2 aromatic rings. The van der Waals surface area contributed by atoms with Crippen LogP contribution < -0.4 is 0 Å². The molecule has 0 spiro atoms. The second-order valence-electron chi connectivity index (χ2n) is 3.71. The SMILES string of the molecule is CC(=O)c1ccc(F)c(-c2cc(F)ccc2F)n1. The molecular weight excluding hydrogens is 243 g/mol. The molecule has 1 aromatic heterocycles. The van der Waals surface area contributed by atoms with Crippen LogP contribution in [0.4, 0.5) is 13.2 Å². The second-order valence-corrected chi connectivity index (χ2v) is 3.71. The summed E-state index contributed by atoms with van der Waals surface area (Å²) in [5.74, 6) is -2.71. The van der Waals surface area contributed by atoms with Gasteiger partial charge in [-0.1, -0.05) is 0 Å². The Morgan fingerprint density at radius 3 is 2.39 bits per heavy atom. The van der Waals surface area contributed by atoms with E-state index in [-0.39, 0.29) is 22.7 Å². The Labute approximate surface area is 101 Å². The van der Waals surface area contributed by atoms with Crippen molar-refractivity contribution in [3.8, 4) is 11.3 Å². The Kier molecular flexibility index (Phi) is 3.14. The van der Waals surface area contributed by atoms with Gasteiger partial charge in [0.1, 0.15) is 28.8 Å². The monoisotopic (exact) mass is 251 g/mol. The van der Waals surface area contributed by atoms with Crippen LogP contribution in [0.1, 0.15) is 17.4 Å². The van der Waals surface area contributed by atoms with Gasteiger partial charge in [0.05, 0.1) is 0 Å². The summed E-state index contributed by atoms with van der Waals surface area (Å²) in [5, 5.41) is 0. The summed E-state index contributed by atoms with van der Waals surface area (Å²) < 4.78 is 40.1. The van der Waals surface area contributed by atoms with Crippen molar-refractivity contribution in [3.05, 3.63) is 53.5 Å². The highest BCUT2D eigenvalue weighted by molar-refractivity contribution is 5.92. The van der Waals surface area contributed by atoms with Crippen LogP contribution in [0.25, 0.3) is 11.3 Å². The first kappa shape index (κ1) is 12.3. The summed E-state index contributed by atoms with van der Waals surface area (Å²) in [5.41, 5.74) is -0.689. The molecule has 18 heavy (non-hydrogen) atoms. The number of halogens is 3. The zero-order valence-electron chi connectivity index (χ0n) is 9.38. The van der Waals surface area contributed by atoms with E-state index >= 15 is 0 Å². The third-order valence-corrected chi connectivity index (χ3v) is 2.39. The van der Waals surface area contributed by atoms with Gasteiger partial charge in [-0.2, -0.15) is 0 Å². The van der Waals surface area contributed by atoms with Gasteiger partial charge in [0, 0.05) is 12.5 Å². The summed E-state index contributed by atoms with van der Waals surface area (Å²) in [7, 11) is 0. The van der Waals surface area contributed by atoms with E-state index in [4.69, 9.17) is 0 Å². The number of hydrogen-bond donors (Lipinski definition) is 0. The number of ketones is 1. The second kappa shape index (κ2) is 4.60. The Morgan fingerprint density at radius 1 is 1.06 bits per heavy atom. The molecule has 0 atom stereocenters. The zero-order valence-corrected chi connectivity index (χ0v) is 9.38. The third kappa shape index (κ3) is 2.25. The molecule has 0 fully saturated rings. The Balaban J connectivity index is 2.66. The molecule has 0 aliphatic rings. The first-order chi connectivity index (χ1) is 8.49. The van der Waals surface area contributed by atoms with E-state index in [1.807, 2.05) is 0 Å². The molecule has 0 aliphatic heterocycles. The molecule has 1 aromatic carbocycles. The predicted octanol–water partition coefficient (Wildman–Crippen LogP) is 3.37. The summed E-state index contributed by atoms with van der Waals surface area (Å²) in [6.45, 7) is 1.26. The molecule has 0 aliphatic carbocycles. The molecule has 0 saturated carbocycles. The number of nitrogens with zero attached hydrogens (tertiary/aromatic N) is 1. The molecule has 92 valence electrons. The van der Waals surface area contributed by atoms with Gasteiger partial charge in [-0.3, -0.25) is 4.79 Å². The standard InChI is InChI=1S/C13H8F3NO/c1-7(18)12-5-4-11(16)13(17-12)9-6-8(14)2-3-10(9)15/h2-6H,1H3. The van der Waals surface area contributed by atoms with Gasteiger partial charge in [0.15, 0.2) is 5.78 Å². The number of Topliss-reactive ketones (excluding diaryl/α,β-unsaturated/α-hetero) is 1. The largest absolute Gasteiger partial charge is 0.293 e. The maximum atomic E-state index is 13.6. The van der Waals surface area contributed by atoms with Gasteiger partial charge >= 0.3 is 0 Å². The quantitative estimate of drug-likeness (QED) is 0.766. The molecule has 5 heteroatoms. The lowest BCUT2D eigenvalue weighted by Gasteiger charge is -2.05. The average Bonchev–Trinajstić information content (AvgIpc) is 2.33. The lowest BCUT2D eigenvalue weighted by atomic mass is 10.1. The van der Waals surface area contributed by atoms with Crippen LogP contribution in [0.15, 0.2) is 30.3 Å². The number of pyridine rings is 1.